The summed E-state index contributed by atoms with van der Waals surface area (Å²) < 4.78 is 74.7. The van der Waals surface area contributed by atoms with E-state index >= 15 is 0 Å². The maximum absolute atomic E-state index is 14.5. The minimum absolute atomic E-state index is 0.0232. The van der Waals surface area contributed by atoms with E-state index in [1.54, 1.807) is 12.1 Å². The lowest BCUT2D eigenvalue weighted by Gasteiger charge is -2.19. The first kappa shape index (κ1) is 21.8. The molecule has 0 aliphatic rings. The summed E-state index contributed by atoms with van der Waals surface area (Å²) in [6, 6.07) is 13.9. The van der Waals surface area contributed by atoms with E-state index in [0.717, 1.165) is 30.5 Å². The van der Waals surface area contributed by atoms with Gasteiger partial charge in [0.1, 0.15) is 11.6 Å². The minimum atomic E-state index is -3.61. The number of hydrogen-bond acceptors (Lipinski definition) is 1. The van der Waals surface area contributed by atoms with Crippen molar-refractivity contribution in [1.29, 1.82) is 0 Å². The van der Waals surface area contributed by atoms with Crippen LogP contribution >= 0.6 is 0 Å². The van der Waals surface area contributed by atoms with Gasteiger partial charge in [-0.3, -0.25) is 0 Å². The smallest absolute Gasteiger partial charge is 0.426 e. The number of aryl methyl sites for hydroxylation is 2. The molecule has 3 aromatic carbocycles. The third-order valence-electron chi connectivity index (χ3n) is 4.86. The standard InChI is InChI=1S/C24H21F5O/c1-3-4-16-6-12-19(13-7-16)30-24(28,29)18-10-8-17(9-11-18)20-14-5-15(2)21(22(20)25)23(26)27/h5-14,23H,3-4H2,1-2H3. The van der Waals surface area contributed by atoms with Gasteiger partial charge in [-0.1, -0.05) is 49.7 Å². The Balaban J connectivity index is 1.83. The molecule has 3 rings (SSSR count). The van der Waals surface area contributed by atoms with Crippen molar-refractivity contribution in [1.82, 2.24) is 0 Å². The highest BCUT2D eigenvalue weighted by molar-refractivity contribution is 5.66. The zero-order chi connectivity index (χ0) is 21.9. The van der Waals surface area contributed by atoms with Crippen LogP contribution in [-0.2, 0) is 12.5 Å². The number of alkyl halides is 4. The van der Waals surface area contributed by atoms with E-state index in [9.17, 15) is 22.0 Å². The highest BCUT2D eigenvalue weighted by Crippen LogP contribution is 2.35. The Morgan fingerprint density at radius 1 is 0.900 bits per heavy atom. The lowest BCUT2D eigenvalue weighted by Crippen LogP contribution is -2.21. The Morgan fingerprint density at radius 3 is 2.10 bits per heavy atom. The summed E-state index contributed by atoms with van der Waals surface area (Å²) in [5.74, 6) is -1.02. The normalized spacial score (nSPS) is 11.7. The van der Waals surface area contributed by atoms with Crippen LogP contribution in [0.15, 0.2) is 60.7 Å². The summed E-state index contributed by atoms with van der Waals surface area (Å²) in [4.78, 5) is 0. The SMILES string of the molecule is CCCc1ccc(OC(F)(F)c2ccc(-c3ccc(C)c(C(F)F)c3F)cc2)cc1. The molecule has 0 aliphatic carbocycles. The van der Waals surface area contributed by atoms with Gasteiger partial charge in [0, 0.05) is 5.56 Å². The van der Waals surface area contributed by atoms with Gasteiger partial charge in [0.05, 0.1) is 11.1 Å². The van der Waals surface area contributed by atoms with Gasteiger partial charge in [0.25, 0.3) is 6.43 Å². The molecule has 0 fully saturated rings. The Morgan fingerprint density at radius 2 is 1.53 bits per heavy atom. The molecular weight excluding hydrogens is 399 g/mol. The van der Waals surface area contributed by atoms with Gasteiger partial charge in [0.2, 0.25) is 0 Å². The highest BCUT2D eigenvalue weighted by atomic mass is 19.3. The molecule has 0 spiro atoms. The maximum Gasteiger partial charge on any atom is 0.426 e. The van der Waals surface area contributed by atoms with E-state index in [0.29, 0.717) is 0 Å². The van der Waals surface area contributed by atoms with E-state index in [2.05, 4.69) is 0 Å². The number of benzene rings is 3. The Bertz CT molecular complexity index is 995. The second-order valence-corrected chi connectivity index (χ2v) is 7.05. The molecule has 0 unspecified atom stereocenters. The molecule has 1 nitrogen and oxygen atoms in total. The van der Waals surface area contributed by atoms with Crippen LogP contribution in [-0.4, -0.2) is 0 Å². The minimum Gasteiger partial charge on any atom is -0.429 e. The maximum atomic E-state index is 14.5. The molecule has 6 heteroatoms. The van der Waals surface area contributed by atoms with Gasteiger partial charge in [-0.25, -0.2) is 13.2 Å². The predicted molar refractivity (Wildman–Crippen MR) is 106 cm³/mol. The largest absolute Gasteiger partial charge is 0.429 e. The molecule has 0 heterocycles. The molecule has 0 atom stereocenters. The number of rotatable bonds is 7. The summed E-state index contributed by atoms with van der Waals surface area (Å²) in [5.41, 5.74) is 0.201. The van der Waals surface area contributed by atoms with E-state index < -0.39 is 29.5 Å². The Hall–Kier alpha value is -2.89. The van der Waals surface area contributed by atoms with Gasteiger partial charge >= 0.3 is 6.11 Å². The Labute approximate surface area is 172 Å². The van der Waals surface area contributed by atoms with Crippen molar-refractivity contribution in [3.05, 3.63) is 88.7 Å². The van der Waals surface area contributed by atoms with Crippen molar-refractivity contribution in [2.45, 2.75) is 39.2 Å². The van der Waals surface area contributed by atoms with Crippen LogP contribution in [0.4, 0.5) is 22.0 Å². The first-order chi connectivity index (χ1) is 14.2. The van der Waals surface area contributed by atoms with Gasteiger partial charge in [-0.15, -0.1) is 0 Å². The summed E-state index contributed by atoms with van der Waals surface area (Å²) in [6.45, 7) is 3.42. The molecule has 0 aliphatic heterocycles. The van der Waals surface area contributed by atoms with Crippen molar-refractivity contribution < 1.29 is 26.7 Å². The molecule has 0 bridgehead atoms. The van der Waals surface area contributed by atoms with Crippen molar-refractivity contribution >= 4 is 0 Å². The summed E-state index contributed by atoms with van der Waals surface area (Å²) >= 11 is 0. The Kier molecular flexibility index (Phi) is 6.44. The van der Waals surface area contributed by atoms with Crippen molar-refractivity contribution in [3.63, 3.8) is 0 Å². The van der Waals surface area contributed by atoms with Crippen LogP contribution in [0, 0.1) is 12.7 Å². The average molecular weight is 420 g/mol. The highest BCUT2D eigenvalue weighted by Gasteiger charge is 2.34. The molecule has 158 valence electrons. The average Bonchev–Trinajstić information content (AvgIpc) is 2.69. The van der Waals surface area contributed by atoms with Crippen LogP contribution in [0.5, 0.6) is 5.75 Å². The van der Waals surface area contributed by atoms with Gasteiger partial charge in [-0.2, -0.15) is 8.78 Å². The lowest BCUT2D eigenvalue weighted by molar-refractivity contribution is -0.185. The molecule has 0 N–H and O–H groups in total. The number of hydrogen-bond donors (Lipinski definition) is 0. The number of ether oxygens (including phenoxy) is 1. The van der Waals surface area contributed by atoms with Gasteiger partial charge < -0.3 is 4.74 Å². The van der Waals surface area contributed by atoms with E-state index in [1.807, 2.05) is 6.92 Å². The second kappa shape index (κ2) is 8.86. The monoisotopic (exact) mass is 420 g/mol. The fraction of sp³-hybridized carbons (Fsp3) is 0.250. The molecule has 3 aromatic rings. The quantitative estimate of drug-likeness (QED) is 0.354. The molecule has 30 heavy (non-hydrogen) atoms. The fourth-order valence-electron chi connectivity index (χ4n) is 3.24. The van der Waals surface area contributed by atoms with Crippen LogP contribution in [0.2, 0.25) is 0 Å². The van der Waals surface area contributed by atoms with Gasteiger partial charge in [-0.05, 0) is 54.3 Å². The molecule has 0 saturated carbocycles. The van der Waals surface area contributed by atoms with Gasteiger partial charge in [0.15, 0.2) is 0 Å². The fourth-order valence-corrected chi connectivity index (χ4v) is 3.24. The first-order valence-electron chi connectivity index (χ1n) is 9.56. The van der Waals surface area contributed by atoms with Crippen LogP contribution in [0.1, 0.15) is 42.0 Å². The van der Waals surface area contributed by atoms with E-state index in [-0.39, 0.29) is 22.4 Å². The zero-order valence-electron chi connectivity index (χ0n) is 16.6. The zero-order valence-corrected chi connectivity index (χ0v) is 16.6. The molecular formula is C24H21F5O. The van der Waals surface area contributed by atoms with Crippen molar-refractivity contribution in [2.24, 2.45) is 0 Å². The summed E-state index contributed by atoms with van der Waals surface area (Å²) in [6.07, 6.45) is -4.78. The number of halogens is 5. The van der Waals surface area contributed by atoms with E-state index in [1.165, 1.54) is 43.3 Å². The van der Waals surface area contributed by atoms with Crippen LogP contribution < -0.4 is 4.74 Å². The third kappa shape index (κ3) is 4.64. The molecule has 0 saturated heterocycles. The first-order valence-corrected chi connectivity index (χ1v) is 9.56. The molecule has 0 amide bonds. The van der Waals surface area contributed by atoms with Crippen LogP contribution in [0.25, 0.3) is 11.1 Å². The van der Waals surface area contributed by atoms with E-state index in [4.69, 9.17) is 4.74 Å². The van der Waals surface area contributed by atoms with Crippen molar-refractivity contribution in [2.75, 3.05) is 0 Å². The summed E-state index contributed by atoms with van der Waals surface area (Å²) in [7, 11) is 0. The summed E-state index contributed by atoms with van der Waals surface area (Å²) in [5, 5.41) is 0. The van der Waals surface area contributed by atoms with Crippen LogP contribution in [0.3, 0.4) is 0 Å². The van der Waals surface area contributed by atoms with Crippen molar-refractivity contribution in [3.8, 4) is 16.9 Å². The predicted octanol–water partition coefficient (Wildman–Crippen LogP) is 7.82. The third-order valence-corrected chi connectivity index (χ3v) is 4.86. The topological polar surface area (TPSA) is 9.23 Å². The lowest BCUT2D eigenvalue weighted by atomic mass is 9.98. The second-order valence-electron chi connectivity index (χ2n) is 7.05. The molecule has 0 radical (unpaired) electrons. The molecule has 0 aromatic heterocycles.